The maximum Gasteiger partial charge on any atom is 0.231 e. The zero-order valence-electron chi connectivity index (χ0n) is 12.8. The van der Waals surface area contributed by atoms with E-state index in [0.29, 0.717) is 25.1 Å². The summed E-state index contributed by atoms with van der Waals surface area (Å²) < 4.78 is 10.6. The van der Waals surface area contributed by atoms with E-state index < -0.39 is 5.92 Å². The molecule has 1 fully saturated rings. The Kier molecular flexibility index (Phi) is 3.72. The van der Waals surface area contributed by atoms with Gasteiger partial charge >= 0.3 is 0 Å². The van der Waals surface area contributed by atoms with Crippen molar-refractivity contribution in [3.63, 3.8) is 0 Å². The van der Waals surface area contributed by atoms with Crippen LogP contribution in [0.5, 0.6) is 11.5 Å². The minimum atomic E-state index is -0.679. The van der Waals surface area contributed by atoms with E-state index in [1.165, 1.54) is 6.21 Å². The van der Waals surface area contributed by atoms with E-state index in [9.17, 15) is 9.59 Å². The number of aliphatic imine (C=N–C) groups is 1. The molecule has 0 radical (unpaired) electrons. The molecule has 1 aromatic carbocycles. The Bertz CT molecular complexity index is 628. The molecule has 0 unspecified atom stereocenters. The van der Waals surface area contributed by atoms with Crippen molar-refractivity contribution >= 4 is 17.8 Å². The molecule has 5 nitrogen and oxygen atoms in total. The second kappa shape index (κ2) is 5.55. The smallest absolute Gasteiger partial charge is 0.231 e. The van der Waals surface area contributed by atoms with Crippen LogP contribution in [0.3, 0.4) is 0 Å². The molecule has 1 heterocycles. The van der Waals surface area contributed by atoms with Crippen molar-refractivity contribution in [2.45, 2.75) is 33.2 Å². The monoisotopic (exact) mass is 301 g/mol. The molecule has 2 aliphatic rings. The highest BCUT2D eigenvalue weighted by Crippen LogP contribution is 2.34. The van der Waals surface area contributed by atoms with E-state index >= 15 is 0 Å². The number of carbonyl (C=O) groups is 2. The average molecular weight is 301 g/mol. The van der Waals surface area contributed by atoms with Crippen molar-refractivity contribution in [1.29, 1.82) is 0 Å². The molecule has 0 amide bonds. The van der Waals surface area contributed by atoms with E-state index in [2.05, 4.69) is 4.99 Å². The van der Waals surface area contributed by atoms with Crippen molar-refractivity contribution in [3.8, 4) is 11.5 Å². The number of benzene rings is 1. The Morgan fingerprint density at radius 3 is 2.59 bits per heavy atom. The first-order valence-corrected chi connectivity index (χ1v) is 7.38. The lowest BCUT2D eigenvalue weighted by Gasteiger charge is -2.30. The molecule has 3 rings (SSSR count). The van der Waals surface area contributed by atoms with Crippen molar-refractivity contribution < 1.29 is 19.1 Å². The zero-order valence-corrected chi connectivity index (χ0v) is 12.8. The third kappa shape index (κ3) is 3.03. The Labute approximate surface area is 129 Å². The molecular formula is C17H19NO4. The van der Waals surface area contributed by atoms with E-state index in [1.807, 2.05) is 32.0 Å². The molecule has 1 aliphatic heterocycles. The third-order valence-electron chi connectivity index (χ3n) is 3.96. The average Bonchev–Trinajstić information content (AvgIpc) is 2.88. The predicted molar refractivity (Wildman–Crippen MR) is 81.3 cm³/mol. The SMILES string of the molecule is CC1(C)CC(=O)C(C=NCc2ccc3c(c2)OCO3)C(=O)C1. The molecule has 22 heavy (non-hydrogen) atoms. The normalized spacial score (nSPS) is 20.8. The summed E-state index contributed by atoms with van der Waals surface area (Å²) in [6.07, 6.45) is 2.36. The fourth-order valence-electron chi connectivity index (χ4n) is 2.87. The van der Waals surface area contributed by atoms with Gasteiger partial charge in [0.05, 0.1) is 6.54 Å². The van der Waals surface area contributed by atoms with Gasteiger partial charge in [-0.2, -0.15) is 0 Å². The molecule has 0 aromatic heterocycles. The van der Waals surface area contributed by atoms with Gasteiger partial charge in [-0.1, -0.05) is 19.9 Å². The standard InChI is InChI=1S/C17H19NO4/c1-17(2)6-13(19)12(14(20)7-17)9-18-8-11-3-4-15-16(5-11)22-10-21-15/h3-5,9,12H,6-8,10H2,1-2H3. The minimum Gasteiger partial charge on any atom is -0.454 e. The topological polar surface area (TPSA) is 65.0 Å². The number of ketones is 2. The number of hydrogen-bond acceptors (Lipinski definition) is 5. The summed E-state index contributed by atoms with van der Waals surface area (Å²) in [6.45, 7) is 4.55. The maximum atomic E-state index is 12.1. The summed E-state index contributed by atoms with van der Waals surface area (Å²) in [5.41, 5.74) is 0.729. The quantitative estimate of drug-likeness (QED) is 0.636. The molecule has 0 spiro atoms. The number of ether oxygens (including phenoxy) is 2. The number of Topliss-reactive ketones (excluding diaryl/α,β-unsaturated/α-hetero) is 2. The second-order valence-electron chi connectivity index (χ2n) is 6.61. The molecule has 0 bridgehead atoms. The number of carbonyl (C=O) groups excluding carboxylic acids is 2. The molecule has 5 heteroatoms. The zero-order chi connectivity index (χ0) is 15.7. The van der Waals surface area contributed by atoms with Gasteiger partial charge in [-0.15, -0.1) is 0 Å². The molecule has 0 atom stereocenters. The first-order valence-electron chi connectivity index (χ1n) is 7.38. The van der Waals surface area contributed by atoms with Crippen molar-refractivity contribution in [3.05, 3.63) is 23.8 Å². The number of nitrogens with zero attached hydrogens (tertiary/aromatic N) is 1. The largest absolute Gasteiger partial charge is 0.454 e. The van der Waals surface area contributed by atoms with Crippen LogP contribution in [0.25, 0.3) is 0 Å². The third-order valence-corrected chi connectivity index (χ3v) is 3.96. The van der Waals surface area contributed by atoms with Crippen molar-refractivity contribution in [1.82, 2.24) is 0 Å². The van der Waals surface area contributed by atoms with Gasteiger partial charge in [-0.25, -0.2) is 0 Å². The van der Waals surface area contributed by atoms with Crippen LogP contribution < -0.4 is 9.47 Å². The van der Waals surface area contributed by atoms with Crippen LogP contribution in [0, 0.1) is 11.3 Å². The molecule has 0 saturated heterocycles. The Balaban J connectivity index is 1.65. The van der Waals surface area contributed by atoms with E-state index in [-0.39, 0.29) is 23.8 Å². The van der Waals surface area contributed by atoms with Crippen molar-refractivity contribution in [2.24, 2.45) is 16.3 Å². The summed E-state index contributed by atoms with van der Waals surface area (Å²) in [4.78, 5) is 28.4. The van der Waals surface area contributed by atoms with E-state index in [4.69, 9.17) is 9.47 Å². The molecular weight excluding hydrogens is 282 g/mol. The van der Waals surface area contributed by atoms with Gasteiger partial charge in [0.1, 0.15) is 17.5 Å². The van der Waals surface area contributed by atoms with Crippen LogP contribution in [0.1, 0.15) is 32.3 Å². The molecule has 1 aliphatic carbocycles. The lowest BCUT2D eigenvalue weighted by atomic mass is 9.72. The lowest BCUT2D eigenvalue weighted by Crippen LogP contribution is -2.38. The van der Waals surface area contributed by atoms with Gasteiger partial charge < -0.3 is 9.47 Å². The van der Waals surface area contributed by atoms with E-state index in [1.54, 1.807) is 0 Å². The highest BCUT2D eigenvalue weighted by Gasteiger charge is 2.38. The van der Waals surface area contributed by atoms with Gasteiger partial charge in [0.2, 0.25) is 6.79 Å². The van der Waals surface area contributed by atoms with E-state index in [0.717, 1.165) is 11.3 Å². The molecule has 1 aromatic rings. The van der Waals surface area contributed by atoms with Gasteiger partial charge in [0.25, 0.3) is 0 Å². The number of rotatable bonds is 3. The van der Waals surface area contributed by atoms with Gasteiger partial charge in [-0.05, 0) is 23.1 Å². The number of hydrogen-bond donors (Lipinski definition) is 0. The summed E-state index contributed by atoms with van der Waals surface area (Å²) >= 11 is 0. The fraction of sp³-hybridized carbons (Fsp3) is 0.471. The molecule has 0 N–H and O–H groups in total. The predicted octanol–water partition coefficient (Wildman–Crippen LogP) is 2.56. The summed E-state index contributed by atoms with van der Waals surface area (Å²) in [5.74, 6) is 0.695. The van der Waals surface area contributed by atoms with Crippen LogP contribution in [0.15, 0.2) is 23.2 Å². The van der Waals surface area contributed by atoms with Gasteiger partial charge in [0, 0.05) is 19.1 Å². The number of fused-ring (bicyclic) bond motifs is 1. The first-order chi connectivity index (χ1) is 10.4. The van der Waals surface area contributed by atoms with Crippen LogP contribution in [-0.4, -0.2) is 24.6 Å². The summed E-state index contributed by atoms with van der Waals surface area (Å²) in [5, 5.41) is 0. The van der Waals surface area contributed by atoms with Crippen molar-refractivity contribution in [2.75, 3.05) is 6.79 Å². The van der Waals surface area contributed by atoms with Crippen LogP contribution >= 0.6 is 0 Å². The summed E-state index contributed by atoms with van der Waals surface area (Å²) in [6, 6.07) is 5.61. The molecule has 116 valence electrons. The fourth-order valence-corrected chi connectivity index (χ4v) is 2.87. The highest BCUT2D eigenvalue weighted by molar-refractivity contribution is 6.16. The van der Waals surface area contributed by atoms with Crippen LogP contribution in [0.2, 0.25) is 0 Å². The van der Waals surface area contributed by atoms with Crippen LogP contribution in [-0.2, 0) is 16.1 Å². The Morgan fingerprint density at radius 1 is 1.18 bits per heavy atom. The molecule has 1 saturated carbocycles. The summed E-state index contributed by atoms with van der Waals surface area (Å²) in [7, 11) is 0. The Hall–Kier alpha value is -2.17. The highest BCUT2D eigenvalue weighted by atomic mass is 16.7. The first kappa shape index (κ1) is 14.8. The second-order valence-corrected chi connectivity index (χ2v) is 6.61. The van der Waals surface area contributed by atoms with Crippen LogP contribution in [0.4, 0.5) is 0 Å². The maximum absolute atomic E-state index is 12.1. The lowest BCUT2D eigenvalue weighted by molar-refractivity contribution is -0.136. The van der Waals surface area contributed by atoms with Gasteiger partial charge in [0.15, 0.2) is 11.5 Å². The Morgan fingerprint density at radius 2 is 1.86 bits per heavy atom. The van der Waals surface area contributed by atoms with Gasteiger partial charge in [-0.3, -0.25) is 14.6 Å². The minimum absolute atomic E-state index is 0.0318.